The van der Waals surface area contributed by atoms with Gasteiger partial charge in [0.05, 0.1) is 10.9 Å². The molecule has 5 nitrogen and oxygen atoms in total. The second-order valence-electron chi connectivity index (χ2n) is 6.02. The Bertz CT molecular complexity index is 632. The minimum absolute atomic E-state index is 0.101. The van der Waals surface area contributed by atoms with Gasteiger partial charge in [0.25, 0.3) is 0 Å². The van der Waals surface area contributed by atoms with Crippen molar-refractivity contribution in [2.45, 2.75) is 51.0 Å². The molecule has 0 radical (unpaired) electrons. The largest absolute Gasteiger partial charge is 0.349 e. The molecular weight excluding hydrogens is 312 g/mol. The smallest absolute Gasteiger partial charge is 0.243 e. The SMILES string of the molecule is CCN(CC)S(=O)(=O)c1ccc([C@@H](C)NC(=O)C2CCC2)cc1. The summed E-state index contributed by atoms with van der Waals surface area (Å²) in [5.74, 6) is 0.253. The van der Waals surface area contributed by atoms with Gasteiger partial charge in [0.15, 0.2) is 0 Å². The fourth-order valence-electron chi connectivity index (χ4n) is 2.73. The van der Waals surface area contributed by atoms with Crippen LogP contribution in [-0.2, 0) is 14.8 Å². The number of carbonyl (C=O) groups excluding carboxylic acids is 1. The van der Waals surface area contributed by atoms with Gasteiger partial charge in [-0.15, -0.1) is 0 Å². The average Bonchev–Trinajstić information content (AvgIpc) is 2.46. The van der Waals surface area contributed by atoms with Gasteiger partial charge < -0.3 is 5.32 Å². The average molecular weight is 338 g/mol. The number of amides is 1. The minimum atomic E-state index is -3.43. The lowest BCUT2D eigenvalue weighted by molar-refractivity contribution is -0.128. The lowest BCUT2D eigenvalue weighted by atomic mass is 9.84. The molecule has 1 saturated carbocycles. The third-order valence-electron chi connectivity index (χ3n) is 4.56. The summed E-state index contributed by atoms with van der Waals surface area (Å²) >= 11 is 0. The predicted molar refractivity (Wildman–Crippen MR) is 90.4 cm³/mol. The van der Waals surface area contributed by atoms with Crippen molar-refractivity contribution in [1.29, 1.82) is 0 Å². The Kier molecular flexibility index (Phi) is 5.81. The first-order valence-corrected chi connectivity index (χ1v) is 9.74. The van der Waals surface area contributed by atoms with Crippen molar-refractivity contribution in [3.8, 4) is 0 Å². The zero-order valence-corrected chi connectivity index (χ0v) is 14.9. The van der Waals surface area contributed by atoms with Crippen LogP contribution in [0.1, 0.15) is 51.6 Å². The molecule has 6 heteroatoms. The lowest BCUT2D eigenvalue weighted by Crippen LogP contribution is -2.36. The highest BCUT2D eigenvalue weighted by atomic mass is 32.2. The van der Waals surface area contributed by atoms with Crippen LogP contribution in [0, 0.1) is 5.92 Å². The number of benzene rings is 1. The van der Waals surface area contributed by atoms with Crippen molar-refractivity contribution < 1.29 is 13.2 Å². The van der Waals surface area contributed by atoms with E-state index in [1.54, 1.807) is 24.3 Å². The highest BCUT2D eigenvalue weighted by Gasteiger charge is 2.26. The topological polar surface area (TPSA) is 66.5 Å². The van der Waals surface area contributed by atoms with Crippen molar-refractivity contribution in [2.75, 3.05) is 13.1 Å². The molecule has 1 fully saturated rings. The van der Waals surface area contributed by atoms with Crippen LogP contribution in [-0.4, -0.2) is 31.7 Å². The predicted octanol–water partition coefficient (Wildman–Crippen LogP) is 2.69. The Hall–Kier alpha value is -1.40. The van der Waals surface area contributed by atoms with Gasteiger partial charge in [-0.25, -0.2) is 8.42 Å². The van der Waals surface area contributed by atoms with Crippen LogP contribution < -0.4 is 5.32 Å². The monoisotopic (exact) mass is 338 g/mol. The molecule has 0 heterocycles. The van der Waals surface area contributed by atoms with Gasteiger partial charge in [-0.3, -0.25) is 4.79 Å². The molecule has 1 N–H and O–H groups in total. The number of sulfonamides is 1. The van der Waals surface area contributed by atoms with E-state index in [4.69, 9.17) is 0 Å². The van der Waals surface area contributed by atoms with Gasteiger partial charge in [-0.2, -0.15) is 4.31 Å². The highest BCUT2D eigenvalue weighted by Crippen LogP contribution is 2.27. The van der Waals surface area contributed by atoms with Crippen LogP contribution in [0.5, 0.6) is 0 Å². The van der Waals surface area contributed by atoms with Crippen LogP contribution >= 0.6 is 0 Å². The van der Waals surface area contributed by atoms with E-state index in [-0.39, 0.29) is 17.9 Å². The van der Waals surface area contributed by atoms with E-state index in [0.29, 0.717) is 18.0 Å². The summed E-state index contributed by atoms with van der Waals surface area (Å²) in [6, 6.07) is 6.68. The zero-order chi connectivity index (χ0) is 17.0. The van der Waals surface area contributed by atoms with Gasteiger partial charge in [-0.05, 0) is 37.5 Å². The van der Waals surface area contributed by atoms with Gasteiger partial charge >= 0.3 is 0 Å². The fraction of sp³-hybridized carbons (Fsp3) is 0.588. The highest BCUT2D eigenvalue weighted by molar-refractivity contribution is 7.89. The van der Waals surface area contributed by atoms with Crippen molar-refractivity contribution in [3.05, 3.63) is 29.8 Å². The molecule has 0 aromatic heterocycles. The van der Waals surface area contributed by atoms with Gasteiger partial charge in [0.1, 0.15) is 0 Å². The third-order valence-corrected chi connectivity index (χ3v) is 6.62. The molecule has 0 saturated heterocycles. The Labute approximate surface area is 139 Å². The zero-order valence-electron chi connectivity index (χ0n) is 14.1. The maximum absolute atomic E-state index is 12.4. The first kappa shape index (κ1) is 17.9. The van der Waals surface area contributed by atoms with Crippen LogP contribution in [0.15, 0.2) is 29.2 Å². The molecule has 1 atom stereocenters. The summed E-state index contributed by atoms with van der Waals surface area (Å²) in [6.45, 7) is 6.48. The number of hydrogen-bond acceptors (Lipinski definition) is 3. The Morgan fingerprint density at radius 2 is 1.78 bits per heavy atom. The summed E-state index contributed by atoms with van der Waals surface area (Å²) < 4.78 is 26.3. The molecule has 0 aliphatic heterocycles. The van der Waals surface area contributed by atoms with Gasteiger partial charge in [-0.1, -0.05) is 32.4 Å². The first-order chi connectivity index (χ1) is 10.9. The van der Waals surface area contributed by atoms with Crippen molar-refractivity contribution in [3.63, 3.8) is 0 Å². The second kappa shape index (κ2) is 7.45. The van der Waals surface area contributed by atoms with Crippen molar-refractivity contribution in [1.82, 2.24) is 9.62 Å². The second-order valence-corrected chi connectivity index (χ2v) is 7.95. The van der Waals surface area contributed by atoms with E-state index < -0.39 is 10.0 Å². The third kappa shape index (κ3) is 3.93. The normalized spacial score (nSPS) is 16.9. The lowest BCUT2D eigenvalue weighted by Gasteiger charge is -2.26. The number of nitrogens with one attached hydrogen (secondary N) is 1. The van der Waals surface area contributed by atoms with Crippen LogP contribution in [0.3, 0.4) is 0 Å². The molecule has 1 amide bonds. The number of hydrogen-bond donors (Lipinski definition) is 1. The molecule has 0 spiro atoms. The van der Waals surface area contributed by atoms with E-state index in [1.165, 1.54) is 4.31 Å². The van der Waals surface area contributed by atoms with Crippen LogP contribution in [0.4, 0.5) is 0 Å². The summed E-state index contributed by atoms with van der Waals surface area (Å²) in [5, 5.41) is 3.00. The van der Waals surface area contributed by atoms with Crippen molar-refractivity contribution >= 4 is 15.9 Å². The van der Waals surface area contributed by atoms with Crippen LogP contribution in [0.2, 0.25) is 0 Å². The van der Waals surface area contributed by atoms with E-state index >= 15 is 0 Å². The molecule has 1 aromatic rings. The summed E-state index contributed by atoms with van der Waals surface area (Å²) in [6.07, 6.45) is 3.07. The molecule has 1 aliphatic rings. The Balaban J connectivity index is 2.07. The fourth-order valence-corrected chi connectivity index (χ4v) is 4.18. The van der Waals surface area contributed by atoms with E-state index in [9.17, 15) is 13.2 Å². The Morgan fingerprint density at radius 1 is 1.22 bits per heavy atom. The Morgan fingerprint density at radius 3 is 2.22 bits per heavy atom. The van der Waals surface area contributed by atoms with E-state index in [1.807, 2.05) is 20.8 Å². The number of carbonyl (C=O) groups is 1. The summed E-state index contributed by atoms with van der Waals surface area (Å²) in [4.78, 5) is 12.3. The quantitative estimate of drug-likeness (QED) is 0.831. The molecule has 1 aliphatic carbocycles. The van der Waals surface area contributed by atoms with Crippen LogP contribution in [0.25, 0.3) is 0 Å². The maximum Gasteiger partial charge on any atom is 0.243 e. The summed E-state index contributed by atoms with van der Waals surface area (Å²) in [7, 11) is -3.43. The number of nitrogens with zero attached hydrogens (tertiary/aromatic N) is 1. The molecule has 23 heavy (non-hydrogen) atoms. The summed E-state index contributed by atoms with van der Waals surface area (Å²) in [5.41, 5.74) is 0.913. The van der Waals surface area contributed by atoms with E-state index in [0.717, 1.165) is 24.8 Å². The number of rotatable bonds is 7. The molecule has 0 bridgehead atoms. The van der Waals surface area contributed by atoms with E-state index in [2.05, 4.69) is 5.32 Å². The van der Waals surface area contributed by atoms with Gasteiger partial charge in [0.2, 0.25) is 15.9 Å². The molecule has 2 rings (SSSR count). The maximum atomic E-state index is 12.4. The standard InChI is InChI=1S/C17H26N2O3S/c1-4-19(5-2)23(21,22)16-11-9-14(10-12-16)13(3)18-17(20)15-7-6-8-15/h9-13,15H,4-8H2,1-3H3,(H,18,20)/t13-/m1/s1. The first-order valence-electron chi connectivity index (χ1n) is 8.30. The molecular formula is C17H26N2O3S. The molecule has 128 valence electrons. The minimum Gasteiger partial charge on any atom is -0.349 e. The van der Waals surface area contributed by atoms with Crippen molar-refractivity contribution in [2.24, 2.45) is 5.92 Å². The van der Waals surface area contributed by atoms with Gasteiger partial charge in [0, 0.05) is 19.0 Å². The molecule has 0 unspecified atom stereocenters. The molecule has 1 aromatic carbocycles.